The lowest BCUT2D eigenvalue weighted by molar-refractivity contribution is -0.138. The lowest BCUT2D eigenvalue weighted by Gasteiger charge is -2.38. The fourth-order valence-corrected chi connectivity index (χ4v) is 4.08. The van der Waals surface area contributed by atoms with Gasteiger partial charge in [-0.2, -0.15) is 5.26 Å². The van der Waals surface area contributed by atoms with Crippen molar-refractivity contribution >= 4 is 17.5 Å². The van der Waals surface area contributed by atoms with Gasteiger partial charge in [-0.25, -0.2) is 4.98 Å². The predicted molar refractivity (Wildman–Crippen MR) is 115 cm³/mol. The number of halogens is 1. The maximum Gasteiger partial charge on any atom is 0.244 e. The fraction of sp³-hybridized carbons (Fsp3) is 0.261. The molecule has 4 rings (SSSR count). The molecule has 1 amide bonds. The number of nitrogens with one attached hydrogen (secondary N) is 2. The van der Waals surface area contributed by atoms with E-state index in [4.69, 9.17) is 16.9 Å². The molecule has 30 heavy (non-hydrogen) atoms. The maximum atomic E-state index is 13.5. The zero-order valence-electron chi connectivity index (χ0n) is 16.6. The van der Waals surface area contributed by atoms with Crippen molar-refractivity contribution in [2.24, 2.45) is 0 Å². The average Bonchev–Trinajstić information content (AvgIpc) is 3.19. The van der Waals surface area contributed by atoms with E-state index in [0.29, 0.717) is 30.1 Å². The van der Waals surface area contributed by atoms with Crippen LogP contribution < -0.4 is 5.32 Å². The summed E-state index contributed by atoms with van der Waals surface area (Å²) < 4.78 is 0. The van der Waals surface area contributed by atoms with Crippen molar-refractivity contribution in [3.8, 4) is 6.07 Å². The van der Waals surface area contributed by atoms with Crippen LogP contribution in [-0.4, -0.2) is 33.9 Å². The van der Waals surface area contributed by atoms with E-state index < -0.39 is 6.04 Å². The van der Waals surface area contributed by atoms with Crippen LogP contribution in [0.15, 0.2) is 54.7 Å². The molecule has 0 saturated carbocycles. The number of carbonyl (C=O) groups is 1. The van der Waals surface area contributed by atoms with Crippen LogP contribution in [0.3, 0.4) is 0 Å². The zero-order chi connectivity index (χ0) is 21.1. The number of aromatic amines is 1. The first-order chi connectivity index (χ1) is 14.5. The normalized spacial score (nSPS) is 17.6. The summed E-state index contributed by atoms with van der Waals surface area (Å²) in [5.41, 5.74) is 3.43. The first-order valence-electron chi connectivity index (χ1n) is 9.85. The molecule has 2 unspecified atom stereocenters. The summed E-state index contributed by atoms with van der Waals surface area (Å²) in [6.07, 6.45) is 2.43. The van der Waals surface area contributed by atoms with Gasteiger partial charge in [0.25, 0.3) is 0 Å². The summed E-state index contributed by atoms with van der Waals surface area (Å²) in [5, 5.41) is 13.0. The molecule has 0 aliphatic carbocycles. The van der Waals surface area contributed by atoms with Crippen molar-refractivity contribution in [2.45, 2.75) is 25.4 Å². The van der Waals surface area contributed by atoms with Gasteiger partial charge in [-0.1, -0.05) is 35.9 Å². The number of nitrogens with zero attached hydrogens (tertiary/aromatic N) is 3. The smallest absolute Gasteiger partial charge is 0.244 e. The van der Waals surface area contributed by atoms with Gasteiger partial charge in [0.05, 0.1) is 29.6 Å². The minimum Gasteiger partial charge on any atom is -0.344 e. The van der Waals surface area contributed by atoms with Gasteiger partial charge in [-0.15, -0.1) is 0 Å². The van der Waals surface area contributed by atoms with Crippen LogP contribution in [0.2, 0.25) is 5.02 Å². The summed E-state index contributed by atoms with van der Waals surface area (Å²) in [4.78, 5) is 23.0. The topological polar surface area (TPSA) is 84.8 Å². The van der Waals surface area contributed by atoms with Gasteiger partial charge in [0.2, 0.25) is 5.91 Å². The van der Waals surface area contributed by atoms with Crippen molar-refractivity contribution < 1.29 is 4.79 Å². The number of amides is 1. The highest BCUT2D eigenvalue weighted by molar-refractivity contribution is 6.30. The summed E-state index contributed by atoms with van der Waals surface area (Å²) in [5.74, 6) is 0.818. The van der Waals surface area contributed by atoms with Crippen LogP contribution in [0.1, 0.15) is 40.3 Å². The summed E-state index contributed by atoms with van der Waals surface area (Å²) in [7, 11) is 0. The average molecular weight is 420 g/mol. The second kappa shape index (κ2) is 8.70. The molecule has 2 N–H and O–H groups in total. The number of rotatable bonds is 5. The Morgan fingerprint density at radius 3 is 2.77 bits per heavy atom. The molecule has 0 radical (unpaired) electrons. The van der Waals surface area contributed by atoms with E-state index in [2.05, 4.69) is 21.4 Å². The van der Waals surface area contributed by atoms with Gasteiger partial charge in [0.1, 0.15) is 11.9 Å². The summed E-state index contributed by atoms with van der Waals surface area (Å²) in [6.45, 7) is 3.17. The third-order valence-corrected chi connectivity index (χ3v) is 5.62. The molecule has 2 atom stereocenters. The Labute approximate surface area is 180 Å². The van der Waals surface area contributed by atoms with Gasteiger partial charge in [0.15, 0.2) is 0 Å². The lowest BCUT2D eigenvalue weighted by atomic mass is 9.97. The van der Waals surface area contributed by atoms with E-state index in [0.717, 1.165) is 22.6 Å². The SMILES string of the molecule is Cc1ncc(C(Cc2ccc(C#N)cc2)N2CCNC(c3cccc(Cl)c3)C2=O)[nH]1. The summed E-state index contributed by atoms with van der Waals surface area (Å²) >= 11 is 6.15. The van der Waals surface area contributed by atoms with Crippen LogP contribution in [0.5, 0.6) is 0 Å². The molecule has 1 aliphatic heterocycles. The molecule has 1 saturated heterocycles. The molecule has 1 aromatic heterocycles. The van der Waals surface area contributed by atoms with Crippen LogP contribution in [0.25, 0.3) is 0 Å². The van der Waals surface area contributed by atoms with Crippen LogP contribution >= 0.6 is 11.6 Å². The zero-order valence-corrected chi connectivity index (χ0v) is 17.4. The van der Waals surface area contributed by atoms with Gasteiger partial charge < -0.3 is 15.2 Å². The fourth-order valence-electron chi connectivity index (χ4n) is 3.88. The van der Waals surface area contributed by atoms with E-state index in [1.54, 1.807) is 24.4 Å². The molecule has 2 heterocycles. The van der Waals surface area contributed by atoms with E-state index in [-0.39, 0.29) is 11.9 Å². The molecule has 7 heteroatoms. The number of piperazine rings is 1. The minimum absolute atomic E-state index is 0.00872. The molecule has 2 aromatic carbocycles. The largest absolute Gasteiger partial charge is 0.344 e. The lowest BCUT2D eigenvalue weighted by Crippen LogP contribution is -2.51. The Balaban J connectivity index is 1.65. The number of aryl methyl sites for hydroxylation is 1. The molecule has 1 fully saturated rings. The quantitative estimate of drug-likeness (QED) is 0.660. The highest BCUT2D eigenvalue weighted by atomic mass is 35.5. The van der Waals surface area contributed by atoms with Gasteiger partial charge >= 0.3 is 0 Å². The Bertz CT molecular complexity index is 1090. The predicted octanol–water partition coefficient (Wildman–Crippen LogP) is 3.70. The van der Waals surface area contributed by atoms with E-state index in [9.17, 15) is 4.79 Å². The highest BCUT2D eigenvalue weighted by Crippen LogP contribution is 2.30. The molecular weight excluding hydrogens is 398 g/mol. The first kappa shape index (κ1) is 20.1. The summed E-state index contributed by atoms with van der Waals surface area (Å²) in [6, 6.07) is 16.4. The van der Waals surface area contributed by atoms with Crippen LogP contribution in [0.4, 0.5) is 0 Å². The number of hydrogen-bond acceptors (Lipinski definition) is 4. The Morgan fingerprint density at radius 2 is 2.10 bits per heavy atom. The van der Waals surface area contributed by atoms with Crippen molar-refractivity contribution in [3.05, 3.63) is 88.0 Å². The number of imidazole rings is 1. The molecule has 6 nitrogen and oxygen atoms in total. The second-order valence-corrected chi connectivity index (χ2v) is 7.86. The molecule has 3 aromatic rings. The van der Waals surface area contributed by atoms with Crippen molar-refractivity contribution in [2.75, 3.05) is 13.1 Å². The van der Waals surface area contributed by atoms with E-state index in [1.807, 2.05) is 42.2 Å². The number of aromatic nitrogens is 2. The number of benzene rings is 2. The van der Waals surface area contributed by atoms with E-state index >= 15 is 0 Å². The van der Waals surface area contributed by atoms with E-state index in [1.165, 1.54) is 0 Å². The Kier molecular flexibility index (Phi) is 5.84. The van der Waals surface area contributed by atoms with Crippen LogP contribution in [-0.2, 0) is 11.2 Å². The third-order valence-electron chi connectivity index (χ3n) is 5.38. The maximum absolute atomic E-state index is 13.5. The molecule has 0 spiro atoms. The Morgan fingerprint density at radius 1 is 1.30 bits per heavy atom. The molecule has 1 aliphatic rings. The van der Waals surface area contributed by atoms with Crippen molar-refractivity contribution in [1.29, 1.82) is 5.26 Å². The number of H-pyrrole nitrogens is 1. The number of carbonyl (C=O) groups excluding carboxylic acids is 1. The van der Waals surface area contributed by atoms with Crippen molar-refractivity contribution in [3.63, 3.8) is 0 Å². The first-order valence-corrected chi connectivity index (χ1v) is 10.2. The monoisotopic (exact) mass is 419 g/mol. The number of hydrogen-bond donors (Lipinski definition) is 2. The molecule has 0 bridgehead atoms. The molecular formula is C23H22ClN5O. The van der Waals surface area contributed by atoms with Gasteiger partial charge in [-0.05, 0) is 48.7 Å². The van der Waals surface area contributed by atoms with Crippen molar-refractivity contribution in [1.82, 2.24) is 20.2 Å². The number of nitriles is 1. The minimum atomic E-state index is -0.440. The van der Waals surface area contributed by atoms with Crippen LogP contribution in [0, 0.1) is 18.3 Å². The third kappa shape index (κ3) is 4.23. The molecule has 152 valence electrons. The Hall–Kier alpha value is -3.14. The van der Waals surface area contributed by atoms with Gasteiger partial charge in [-0.3, -0.25) is 4.79 Å². The highest BCUT2D eigenvalue weighted by Gasteiger charge is 2.35. The second-order valence-electron chi connectivity index (χ2n) is 7.43. The standard InChI is InChI=1S/C23H22ClN5O/c1-15-27-14-20(28-15)21(11-16-5-7-17(13-25)8-6-16)29-10-9-26-22(23(29)30)18-3-2-4-19(24)12-18/h2-8,12,14,21-22,26H,9-11H2,1H3,(H,27,28). The van der Waals surface area contributed by atoms with Gasteiger partial charge in [0, 0.05) is 18.1 Å².